The lowest BCUT2D eigenvalue weighted by Crippen LogP contribution is -2.50. The van der Waals surface area contributed by atoms with Crippen molar-refractivity contribution in [2.45, 2.75) is 30.1 Å². The van der Waals surface area contributed by atoms with E-state index in [1.54, 1.807) is 24.3 Å². The van der Waals surface area contributed by atoms with Crippen molar-refractivity contribution in [1.29, 1.82) is 0 Å². The van der Waals surface area contributed by atoms with Crippen molar-refractivity contribution in [3.05, 3.63) is 83.9 Å². The van der Waals surface area contributed by atoms with Gasteiger partial charge in [0.25, 0.3) is 0 Å². The highest BCUT2D eigenvalue weighted by Gasteiger charge is 2.52. The smallest absolute Gasteiger partial charge is 0.243 e. The maximum absolute atomic E-state index is 13.4. The molecule has 2 aliphatic heterocycles. The number of para-hydroxylation sites is 1. The Morgan fingerprint density at radius 2 is 1.66 bits per heavy atom. The lowest BCUT2D eigenvalue weighted by molar-refractivity contribution is -0.125. The van der Waals surface area contributed by atoms with Gasteiger partial charge in [-0.1, -0.05) is 30.3 Å². The number of piperidine rings is 1. The number of carbonyl (C=O) groups excluding carboxylic acids is 2. The number of nitrogens with zero attached hydrogens (tertiary/aromatic N) is 2. The van der Waals surface area contributed by atoms with Crippen molar-refractivity contribution in [3.8, 4) is 0 Å². The van der Waals surface area contributed by atoms with E-state index in [1.807, 2.05) is 55.5 Å². The van der Waals surface area contributed by atoms with Gasteiger partial charge in [-0.05, 0) is 73.4 Å². The molecule has 5 rings (SSSR count). The molecule has 1 N–H and O–H groups in total. The summed E-state index contributed by atoms with van der Waals surface area (Å²) in [5.41, 5.74) is 3.72. The molecule has 2 aliphatic rings. The fourth-order valence-electron chi connectivity index (χ4n) is 5.19. The molecule has 0 atom stereocenters. The second-order valence-corrected chi connectivity index (χ2v) is 11.0. The van der Waals surface area contributed by atoms with Crippen LogP contribution < -0.4 is 10.2 Å². The molecule has 0 aromatic heterocycles. The molecule has 1 saturated heterocycles. The van der Waals surface area contributed by atoms with Crippen molar-refractivity contribution < 1.29 is 18.0 Å². The molecule has 3 aromatic carbocycles. The van der Waals surface area contributed by atoms with Crippen LogP contribution in [0.3, 0.4) is 0 Å². The van der Waals surface area contributed by atoms with Gasteiger partial charge < -0.3 is 15.0 Å². The summed E-state index contributed by atoms with van der Waals surface area (Å²) in [4.78, 5) is 26.3. The van der Waals surface area contributed by atoms with Gasteiger partial charge in [0.2, 0.25) is 15.9 Å². The zero-order valence-corrected chi connectivity index (χ0v) is 20.3. The number of anilines is 3. The third kappa shape index (κ3) is 4.02. The van der Waals surface area contributed by atoms with Gasteiger partial charge >= 0.3 is 0 Å². The van der Waals surface area contributed by atoms with Crippen molar-refractivity contribution in [1.82, 2.24) is 4.31 Å². The monoisotopic (exact) mass is 489 g/mol. The lowest BCUT2D eigenvalue weighted by atomic mass is 9.74. The highest BCUT2D eigenvalue weighted by Crippen LogP contribution is 2.48. The van der Waals surface area contributed by atoms with Crippen LogP contribution >= 0.6 is 0 Å². The number of carbonyl (C=O) groups is 2. The van der Waals surface area contributed by atoms with E-state index in [4.69, 9.17) is 0 Å². The van der Waals surface area contributed by atoms with Crippen LogP contribution in [0, 0.1) is 6.92 Å². The Morgan fingerprint density at radius 1 is 0.943 bits per heavy atom. The summed E-state index contributed by atoms with van der Waals surface area (Å²) in [6.07, 6.45) is 1.49. The fourth-order valence-corrected chi connectivity index (χ4v) is 6.63. The Bertz CT molecular complexity index is 1380. The van der Waals surface area contributed by atoms with Gasteiger partial charge in [0.05, 0.1) is 16.9 Å². The van der Waals surface area contributed by atoms with Crippen LogP contribution in [0.1, 0.15) is 24.0 Å². The third-order valence-electron chi connectivity index (χ3n) is 7.00. The zero-order chi connectivity index (χ0) is 24.6. The van der Waals surface area contributed by atoms with E-state index >= 15 is 0 Å². The number of hydrogen-bond acceptors (Lipinski definition) is 5. The standard InChI is InChI=1S/C27H27N3O4S/c1-20-5-4-6-22(19-20)28-21-9-11-23(12-10-21)35(33,34)29-15-13-27(14-16-29)24-7-2-3-8-25(24)30(17-18-31)26(27)32/h2-12,18-19,28H,13-17H2,1H3. The fraction of sp³-hybridized carbons (Fsp3) is 0.259. The molecule has 1 fully saturated rings. The van der Waals surface area contributed by atoms with E-state index in [0.717, 1.165) is 34.5 Å². The number of sulfonamides is 1. The van der Waals surface area contributed by atoms with Gasteiger partial charge in [-0.3, -0.25) is 4.79 Å². The highest BCUT2D eigenvalue weighted by molar-refractivity contribution is 7.89. The average molecular weight is 490 g/mol. The van der Waals surface area contributed by atoms with Crippen LogP contribution in [0.5, 0.6) is 0 Å². The van der Waals surface area contributed by atoms with E-state index < -0.39 is 15.4 Å². The molecular weight excluding hydrogens is 462 g/mol. The number of aryl methyl sites for hydroxylation is 1. The van der Waals surface area contributed by atoms with Crippen LogP contribution in [0.15, 0.2) is 77.7 Å². The Hall–Kier alpha value is -3.49. The van der Waals surface area contributed by atoms with E-state index in [9.17, 15) is 18.0 Å². The number of nitrogens with one attached hydrogen (secondary N) is 1. The van der Waals surface area contributed by atoms with Crippen LogP contribution in [0.4, 0.5) is 17.1 Å². The minimum atomic E-state index is -3.70. The largest absolute Gasteiger partial charge is 0.356 e. The van der Waals surface area contributed by atoms with Gasteiger partial charge in [-0.2, -0.15) is 4.31 Å². The highest BCUT2D eigenvalue weighted by atomic mass is 32.2. The second kappa shape index (κ2) is 8.94. The van der Waals surface area contributed by atoms with Crippen LogP contribution in [0.25, 0.3) is 0 Å². The molecule has 2 heterocycles. The normalized spacial score (nSPS) is 17.4. The first kappa shape index (κ1) is 23.3. The maximum Gasteiger partial charge on any atom is 0.243 e. The first-order valence-corrected chi connectivity index (χ1v) is 13.1. The first-order valence-electron chi connectivity index (χ1n) is 11.6. The summed E-state index contributed by atoms with van der Waals surface area (Å²) in [6.45, 7) is 2.49. The third-order valence-corrected chi connectivity index (χ3v) is 8.91. The Morgan fingerprint density at radius 3 is 2.34 bits per heavy atom. The molecule has 0 radical (unpaired) electrons. The summed E-state index contributed by atoms with van der Waals surface area (Å²) in [7, 11) is -3.70. The molecule has 0 unspecified atom stereocenters. The number of amides is 1. The summed E-state index contributed by atoms with van der Waals surface area (Å²) < 4.78 is 28.2. The summed E-state index contributed by atoms with van der Waals surface area (Å²) in [6, 6.07) is 22.2. The van der Waals surface area contributed by atoms with Crippen molar-refractivity contribution in [3.63, 3.8) is 0 Å². The molecule has 3 aromatic rings. The van der Waals surface area contributed by atoms with Gasteiger partial charge in [-0.15, -0.1) is 0 Å². The predicted octanol–water partition coefficient (Wildman–Crippen LogP) is 4.01. The number of rotatable bonds is 6. The van der Waals surface area contributed by atoms with E-state index in [0.29, 0.717) is 12.8 Å². The van der Waals surface area contributed by atoms with Gasteiger partial charge in [0.15, 0.2) is 0 Å². The van der Waals surface area contributed by atoms with Crippen molar-refractivity contribution in [2.24, 2.45) is 0 Å². The van der Waals surface area contributed by atoms with Crippen LogP contribution in [-0.4, -0.2) is 44.6 Å². The summed E-state index contributed by atoms with van der Waals surface area (Å²) in [5.74, 6) is -0.116. The molecule has 1 amide bonds. The second-order valence-electron chi connectivity index (χ2n) is 9.10. The molecule has 7 nitrogen and oxygen atoms in total. The molecule has 0 aliphatic carbocycles. The molecule has 8 heteroatoms. The molecule has 0 bridgehead atoms. The van der Waals surface area contributed by atoms with Crippen molar-refractivity contribution >= 4 is 39.3 Å². The molecule has 35 heavy (non-hydrogen) atoms. The zero-order valence-electron chi connectivity index (χ0n) is 19.5. The van der Waals surface area contributed by atoms with E-state index in [-0.39, 0.29) is 30.4 Å². The van der Waals surface area contributed by atoms with E-state index in [1.165, 1.54) is 9.21 Å². The molecule has 0 saturated carbocycles. The topological polar surface area (TPSA) is 86.8 Å². The summed E-state index contributed by atoms with van der Waals surface area (Å²) in [5, 5.41) is 3.29. The van der Waals surface area contributed by atoms with Crippen LogP contribution in [0.2, 0.25) is 0 Å². The van der Waals surface area contributed by atoms with Gasteiger partial charge in [0.1, 0.15) is 6.29 Å². The predicted molar refractivity (Wildman–Crippen MR) is 135 cm³/mol. The molecule has 180 valence electrons. The number of benzene rings is 3. The maximum atomic E-state index is 13.4. The van der Waals surface area contributed by atoms with E-state index in [2.05, 4.69) is 5.32 Å². The summed E-state index contributed by atoms with van der Waals surface area (Å²) >= 11 is 0. The minimum Gasteiger partial charge on any atom is -0.356 e. The Balaban J connectivity index is 1.33. The number of aldehydes is 1. The van der Waals surface area contributed by atoms with Crippen LogP contribution in [-0.2, 0) is 25.0 Å². The molecular formula is C27H27N3O4S. The van der Waals surface area contributed by atoms with Gasteiger partial charge in [-0.25, -0.2) is 8.42 Å². The minimum absolute atomic E-state index is 0.00252. The number of hydrogen-bond donors (Lipinski definition) is 1. The Kier molecular flexibility index (Phi) is 5.94. The Labute approximate surface area is 205 Å². The SMILES string of the molecule is Cc1cccc(Nc2ccc(S(=O)(=O)N3CCC4(CC3)C(=O)N(CC=O)c3ccccc34)cc2)c1. The quantitative estimate of drug-likeness (QED) is 0.529. The van der Waals surface area contributed by atoms with Crippen molar-refractivity contribution in [2.75, 3.05) is 29.9 Å². The number of fused-ring (bicyclic) bond motifs is 2. The van der Waals surface area contributed by atoms with Gasteiger partial charge in [0, 0.05) is 30.2 Å². The average Bonchev–Trinajstić information content (AvgIpc) is 3.08. The lowest BCUT2D eigenvalue weighted by Gasteiger charge is -2.37. The first-order chi connectivity index (χ1) is 16.8. The molecule has 1 spiro atoms.